The fourth-order valence-electron chi connectivity index (χ4n) is 2.41. The van der Waals surface area contributed by atoms with Crippen LogP contribution in [0.5, 0.6) is 11.5 Å². The first-order chi connectivity index (χ1) is 12.6. The monoisotopic (exact) mass is 416 g/mol. The van der Waals surface area contributed by atoms with Crippen molar-refractivity contribution >= 4 is 39.0 Å². The number of carbonyl (C=O) groups is 1. The topological polar surface area (TPSA) is 73.1 Å². The van der Waals surface area contributed by atoms with Gasteiger partial charge in [-0.05, 0) is 49.4 Å². The minimum Gasteiger partial charge on any atom is -0.496 e. The van der Waals surface area contributed by atoms with Crippen molar-refractivity contribution in [3.8, 4) is 11.5 Å². The van der Waals surface area contributed by atoms with E-state index in [9.17, 15) is 4.79 Å². The van der Waals surface area contributed by atoms with Gasteiger partial charge >= 0.3 is 5.91 Å². The van der Waals surface area contributed by atoms with Gasteiger partial charge in [0.1, 0.15) is 17.1 Å². The van der Waals surface area contributed by atoms with Crippen LogP contribution in [-0.2, 0) is 0 Å². The third-order valence-electron chi connectivity index (χ3n) is 3.58. The van der Waals surface area contributed by atoms with Crippen LogP contribution in [0.3, 0.4) is 0 Å². The summed E-state index contributed by atoms with van der Waals surface area (Å²) in [6.45, 7) is 2.49. The average Bonchev–Trinajstić information content (AvgIpc) is 3.05. The van der Waals surface area contributed by atoms with Crippen LogP contribution in [-0.4, -0.2) is 25.8 Å². The lowest BCUT2D eigenvalue weighted by Gasteiger charge is -2.04. The second kappa shape index (κ2) is 8.05. The summed E-state index contributed by atoms with van der Waals surface area (Å²) < 4.78 is 17.1. The molecule has 0 atom stereocenters. The van der Waals surface area contributed by atoms with E-state index in [0.29, 0.717) is 17.9 Å². The van der Waals surface area contributed by atoms with Crippen LogP contribution in [0.2, 0.25) is 0 Å². The standard InChI is InChI=1S/C19H17BrN2O4/c1-3-25-15-5-7-17-12(9-15)10-18(26-17)19(23)22-21-11-13-8-14(20)4-6-16(13)24-2/h4-11H,3H2,1-2H3,(H,22,23)/b21-11+. The maximum atomic E-state index is 12.2. The minimum absolute atomic E-state index is 0.173. The molecular weight excluding hydrogens is 400 g/mol. The van der Waals surface area contributed by atoms with Gasteiger partial charge in [0, 0.05) is 15.4 Å². The van der Waals surface area contributed by atoms with Crippen molar-refractivity contribution in [2.24, 2.45) is 5.10 Å². The molecule has 0 saturated carbocycles. The van der Waals surface area contributed by atoms with E-state index in [1.807, 2.05) is 31.2 Å². The van der Waals surface area contributed by atoms with E-state index in [2.05, 4.69) is 26.5 Å². The molecule has 0 unspecified atom stereocenters. The number of hydrazone groups is 1. The summed E-state index contributed by atoms with van der Waals surface area (Å²) >= 11 is 3.39. The quantitative estimate of drug-likeness (QED) is 0.478. The Labute approximate surface area is 158 Å². The number of halogens is 1. The Morgan fingerprint density at radius 2 is 2.12 bits per heavy atom. The number of fused-ring (bicyclic) bond motifs is 1. The van der Waals surface area contributed by atoms with Crippen molar-refractivity contribution in [3.05, 3.63) is 58.3 Å². The summed E-state index contributed by atoms with van der Waals surface area (Å²) in [6.07, 6.45) is 1.51. The van der Waals surface area contributed by atoms with Crippen LogP contribution in [0, 0.1) is 0 Å². The van der Waals surface area contributed by atoms with Crippen molar-refractivity contribution in [2.75, 3.05) is 13.7 Å². The fourth-order valence-corrected chi connectivity index (χ4v) is 2.79. The third-order valence-corrected chi connectivity index (χ3v) is 4.08. The number of benzene rings is 2. The van der Waals surface area contributed by atoms with Gasteiger partial charge in [-0.1, -0.05) is 15.9 Å². The van der Waals surface area contributed by atoms with Gasteiger partial charge in [-0.15, -0.1) is 0 Å². The molecule has 1 aromatic heterocycles. The first-order valence-electron chi connectivity index (χ1n) is 7.94. The highest BCUT2D eigenvalue weighted by Crippen LogP contribution is 2.24. The fraction of sp³-hybridized carbons (Fsp3) is 0.158. The van der Waals surface area contributed by atoms with Crippen LogP contribution in [0.25, 0.3) is 11.0 Å². The number of hydrogen-bond acceptors (Lipinski definition) is 5. The Balaban J connectivity index is 1.74. The van der Waals surface area contributed by atoms with E-state index in [1.54, 1.807) is 25.3 Å². The SMILES string of the molecule is CCOc1ccc2oc(C(=O)N/N=C/c3cc(Br)ccc3OC)cc2c1. The van der Waals surface area contributed by atoms with Crippen LogP contribution < -0.4 is 14.9 Å². The van der Waals surface area contributed by atoms with E-state index in [-0.39, 0.29) is 5.76 Å². The Morgan fingerprint density at radius 3 is 2.88 bits per heavy atom. The Morgan fingerprint density at radius 1 is 1.27 bits per heavy atom. The summed E-state index contributed by atoms with van der Waals surface area (Å²) in [5.41, 5.74) is 3.79. The lowest BCUT2D eigenvalue weighted by atomic mass is 10.2. The predicted molar refractivity (Wildman–Crippen MR) is 103 cm³/mol. The zero-order valence-corrected chi connectivity index (χ0v) is 15.9. The molecule has 0 aliphatic carbocycles. The molecule has 0 spiro atoms. The molecule has 1 heterocycles. The zero-order chi connectivity index (χ0) is 18.5. The van der Waals surface area contributed by atoms with Gasteiger partial charge in [0.05, 0.1) is 19.9 Å². The van der Waals surface area contributed by atoms with Gasteiger partial charge in [0.2, 0.25) is 0 Å². The number of rotatable bonds is 6. The summed E-state index contributed by atoms with van der Waals surface area (Å²) in [7, 11) is 1.57. The molecule has 0 aliphatic rings. The number of furan rings is 1. The molecule has 3 rings (SSSR count). The van der Waals surface area contributed by atoms with E-state index in [4.69, 9.17) is 13.9 Å². The second-order valence-corrected chi connectivity index (χ2v) is 6.24. The Hall–Kier alpha value is -2.80. The second-order valence-electron chi connectivity index (χ2n) is 5.33. The normalized spacial score (nSPS) is 11.0. The number of nitrogens with one attached hydrogen (secondary N) is 1. The minimum atomic E-state index is -0.440. The first-order valence-corrected chi connectivity index (χ1v) is 8.73. The number of methoxy groups -OCH3 is 1. The van der Waals surface area contributed by atoms with Crippen molar-refractivity contribution in [1.82, 2.24) is 5.43 Å². The van der Waals surface area contributed by atoms with Gasteiger partial charge < -0.3 is 13.9 Å². The highest BCUT2D eigenvalue weighted by molar-refractivity contribution is 9.10. The number of amides is 1. The summed E-state index contributed by atoms with van der Waals surface area (Å²) in [4.78, 5) is 12.2. The van der Waals surface area contributed by atoms with Gasteiger partial charge in [-0.3, -0.25) is 4.79 Å². The predicted octanol–water partition coefficient (Wildman–Crippen LogP) is 4.37. The lowest BCUT2D eigenvalue weighted by Crippen LogP contribution is -2.16. The molecule has 0 bridgehead atoms. The molecule has 26 heavy (non-hydrogen) atoms. The first kappa shape index (κ1) is 18.0. The summed E-state index contributed by atoms with van der Waals surface area (Å²) in [5.74, 6) is 1.11. The van der Waals surface area contributed by atoms with E-state index in [0.717, 1.165) is 21.2 Å². The van der Waals surface area contributed by atoms with E-state index in [1.165, 1.54) is 6.21 Å². The molecule has 0 aliphatic heterocycles. The maximum Gasteiger partial charge on any atom is 0.307 e. The molecule has 1 amide bonds. The van der Waals surface area contributed by atoms with E-state index < -0.39 is 5.91 Å². The molecule has 6 nitrogen and oxygen atoms in total. The smallest absolute Gasteiger partial charge is 0.307 e. The Bertz CT molecular complexity index is 965. The Kier molecular flexibility index (Phi) is 5.58. The van der Waals surface area contributed by atoms with Crippen LogP contribution in [0.15, 0.2) is 56.5 Å². The zero-order valence-electron chi connectivity index (χ0n) is 14.3. The van der Waals surface area contributed by atoms with Crippen molar-refractivity contribution in [3.63, 3.8) is 0 Å². The average molecular weight is 417 g/mol. The molecule has 134 valence electrons. The van der Waals surface area contributed by atoms with Crippen molar-refractivity contribution in [2.45, 2.75) is 6.92 Å². The third kappa shape index (κ3) is 4.05. The van der Waals surface area contributed by atoms with Crippen LogP contribution >= 0.6 is 15.9 Å². The van der Waals surface area contributed by atoms with Crippen molar-refractivity contribution < 1.29 is 18.7 Å². The lowest BCUT2D eigenvalue weighted by molar-refractivity contribution is 0.0929. The summed E-state index contributed by atoms with van der Waals surface area (Å²) in [5, 5.41) is 4.77. The van der Waals surface area contributed by atoms with Gasteiger partial charge in [0.15, 0.2) is 5.76 Å². The number of hydrogen-bond donors (Lipinski definition) is 1. The van der Waals surface area contributed by atoms with Crippen LogP contribution in [0.4, 0.5) is 0 Å². The molecule has 3 aromatic rings. The largest absolute Gasteiger partial charge is 0.496 e. The molecule has 7 heteroatoms. The maximum absolute atomic E-state index is 12.2. The number of carbonyl (C=O) groups excluding carboxylic acids is 1. The molecule has 0 saturated heterocycles. The molecule has 1 N–H and O–H groups in total. The number of ether oxygens (including phenoxy) is 2. The van der Waals surface area contributed by atoms with E-state index >= 15 is 0 Å². The molecular formula is C19H17BrN2O4. The van der Waals surface area contributed by atoms with Gasteiger partial charge in [-0.2, -0.15) is 5.10 Å². The van der Waals surface area contributed by atoms with Gasteiger partial charge in [-0.25, -0.2) is 5.43 Å². The van der Waals surface area contributed by atoms with Crippen LogP contribution in [0.1, 0.15) is 23.0 Å². The van der Waals surface area contributed by atoms with Gasteiger partial charge in [0.25, 0.3) is 0 Å². The highest BCUT2D eigenvalue weighted by Gasteiger charge is 2.12. The molecule has 0 radical (unpaired) electrons. The van der Waals surface area contributed by atoms with Crippen molar-refractivity contribution in [1.29, 1.82) is 0 Å². The highest BCUT2D eigenvalue weighted by atomic mass is 79.9. The summed E-state index contributed by atoms with van der Waals surface area (Å²) in [6, 6.07) is 12.6. The number of nitrogens with zero attached hydrogens (tertiary/aromatic N) is 1. The molecule has 2 aromatic carbocycles. The molecule has 0 fully saturated rings.